The van der Waals surface area contributed by atoms with Crippen LogP contribution in [-0.2, 0) is 33.7 Å². The first kappa shape index (κ1) is 18.8. The van der Waals surface area contributed by atoms with E-state index in [1.807, 2.05) is 22.8 Å². The van der Waals surface area contributed by atoms with E-state index in [0.717, 1.165) is 22.6 Å². The summed E-state index contributed by atoms with van der Waals surface area (Å²) >= 11 is 0. The molecular formula is C20H20FN3O3S. The molecule has 0 amide bonds. The van der Waals surface area contributed by atoms with Gasteiger partial charge in [-0.1, -0.05) is 30.3 Å². The molecule has 4 rings (SSSR count). The van der Waals surface area contributed by atoms with Gasteiger partial charge in [0.05, 0.1) is 30.3 Å². The Morgan fingerprint density at radius 2 is 1.89 bits per heavy atom. The van der Waals surface area contributed by atoms with E-state index in [1.165, 1.54) is 12.1 Å². The second-order valence-corrected chi connectivity index (χ2v) is 8.51. The highest BCUT2D eigenvalue weighted by atomic mass is 32.2. The summed E-state index contributed by atoms with van der Waals surface area (Å²) < 4.78 is 48.2. The van der Waals surface area contributed by atoms with E-state index in [-0.39, 0.29) is 24.2 Å². The summed E-state index contributed by atoms with van der Waals surface area (Å²) in [5, 5.41) is 0. The molecule has 0 fully saturated rings. The van der Waals surface area contributed by atoms with Gasteiger partial charge in [-0.2, -0.15) is 0 Å². The first-order valence-corrected chi connectivity index (χ1v) is 10.6. The summed E-state index contributed by atoms with van der Waals surface area (Å²) in [5.74, 6) is 0.399. The van der Waals surface area contributed by atoms with Crippen LogP contribution in [0.15, 0.2) is 60.8 Å². The molecule has 1 aliphatic heterocycles. The van der Waals surface area contributed by atoms with E-state index in [4.69, 9.17) is 4.74 Å². The Kier molecular flexibility index (Phi) is 5.25. The van der Waals surface area contributed by atoms with Crippen LogP contribution < -0.4 is 4.72 Å². The SMILES string of the molecule is O=S(=O)(Cc1ccccc1)NC[C@H]1Cn2c(-c3ccc(F)cc3)cnc2CO1. The highest BCUT2D eigenvalue weighted by Gasteiger charge is 2.24. The number of rotatable bonds is 6. The van der Waals surface area contributed by atoms with Gasteiger partial charge in [0.2, 0.25) is 10.0 Å². The number of nitrogens with zero attached hydrogens (tertiary/aromatic N) is 2. The van der Waals surface area contributed by atoms with Crippen molar-refractivity contribution >= 4 is 10.0 Å². The van der Waals surface area contributed by atoms with Crippen LogP contribution in [0.2, 0.25) is 0 Å². The number of imidazole rings is 1. The molecule has 0 aliphatic carbocycles. The minimum absolute atomic E-state index is 0.0717. The summed E-state index contributed by atoms with van der Waals surface area (Å²) in [5.41, 5.74) is 2.44. The molecule has 8 heteroatoms. The molecule has 0 bridgehead atoms. The van der Waals surface area contributed by atoms with Gasteiger partial charge in [-0.05, 0) is 35.4 Å². The van der Waals surface area contributed by atoms with Crippen molar-refractivity contribution in [3.8, 4) is 11.3 Å². The molecule has 0 unspecified atom stereocenters. The molecule has 0 saturated heterocycles. The van der Waals surface area contributed by atoms with Gasteiger partial charge in [0.25, 0.3) is 0 Å². The second-order valence-electron chi connectivity index (χ2n) is 6.70. The van der Waals surface area contributed by atoms with Crippen molar-refractivity contribution in [2.45, 2.75) is 25.0 Å². The lowest BCUT2D eigenvalue weighted by molar-refractivity contribution is 0.00634. The highest BCUT2D eigenvalue weighted by molar-refractivity contribution is 7.88. The third-order valence-corrected chi connectivity index (χ3v) is 5.96. The predicted octanol–water partition coefficient (Wildman–Crippen LogP) is 2.71. The molecule has 1 aliphatic rings. The van der Waals surface area contributed by atoms with Gasteiger partial charge in [-0.15, -0.1) is 0 Å². The highest BCUT2D eigenvalue weighted by Crippen LogP contribution is 2.25. The maximum Gasteiger partial charge on any atom is 0.215 e. The van der Waals surface area contributed by atoms with Crippen molar-refractivity contribution in [2.75, 3.05) is 6.54 Å². The first-order chi connectivity index (χ1) is 13.5. The molecule has 1 N–H and O–H groups in total. The molecule has 0 spiro atoms. The van der Waals surface area contributed by atoms with Gasteiger partial charge in [-0.3, -0.25) is 0 Å². The number of hydrogen-bond donors (Lipinski definition) is 1. The Morgan fingerprint density at radius 3 is 2.64 bits per heavy atom. The van der Waals surface area contributed by atoms with Crippen molar-refractivity contribution in [3.63, 3.8) is 0 Å². The van der Waals surface area contributed by atoms with Crippen molar-refractivity contribution in [1.82, 2.24) is 14.3 Å². The first-order valence-electron chi connectivity index (χ1n) is 8.93. The largest absolute Gasteiger partial charge is 0.367 e. The number of nitrogens with one attached hydrogen (secondary N) is 1. The quantitative estimate of drug-likeness (QED) is 0.689. The maximum absolute atomic E-state index is 13.2. The maximum atomic E-state index is 13.2. The number of hydrogen-bond acceptors (Lipinski definition) is 4. The van der Waals surface area contributed by atoms with Gasteiger partial charge >= 0.3 is 0 Å². The Bertz CT molecular complexity index is 1050. The molecule has 6 nitrogen and oxygen atoms in total. The lowest BCUT2D eigenvalue weighted by Crippen LogP contribution is -2.39. The zero-order valence-corrected chi connectivity index (χ0v) is 15.9. The van der Waals surface area contributed by atoms with E-state index in [9.17, 15) is 12.8 Å². The minimum atomic E-state index is -3.46. The summed E-state index contributed by atoms with van der Waals surface area (Å²) in [4.78, 5) is 4.36. The topological polar surface area (TPSA) is 73.2 Å². The van der Waals surface area contributed by atoms with Gasteiger partial charge in [0.1, 0.15) is 18.2 Å². The molecule has 2 aromatic carbocycles. The third-order valence-electron chi connectivity index (χ3n) is 4.64. The molecule has 2 heterocycles. The Morgan fingerprint density at radius 1 is 1.14 bits per heavy atom. The summed E-state index contributed by atoms with van der Waals surface area (Å²) in [6, 6.07) is 15.2. The zero-order valence-electron chi connectivity index (χ0n) is 15.1. The minimum Gasteiger partial charge on any atom is -0.367 e. The normalized spacial score (nSPS) is 16.7. The smallest absolute Gasteiger partial charge is 0.215 e. The van der Waals surface area contributed by atoms with Crippen molar-refractivity contribution in [2.24, 2.45) is 0 Å². The third kappa shape index (κ3) is 4.30. The van der Waals surface area contributed by atoms with Crippen molar-refractivity contribution < 1.29 is 17.5 Å². The standard InChI is InChI=1S/C20H20FN3O3S/c21-17-8-6-16(7-9-17)19-11-22-20-13-27-18(12-24(19)20)10-23-28(25,26)14-15-4-2-1-3-5-15/h1-9,11,18,23H,10,12-14H2/t18-/m0/s1. The number of halogens is 1. The molecule has 3 aromatic rings. The van der Waals surface area contributed by atoms with Crippen LogP contribution in [0.25, 0.3) is 11.3 Å². The van der Waals surface area contributed by atoms with E-state index in [0.29, 0.717) is 13.2 Å². The van der Waals surface area contributed by atoms with Crippen LogP contribution in [0, 0.1) is 5.82 Å². The Balaban J connectivity index is 1.43. The van der Waals surface area contributed by atoms with Crippen LogP contribution in [0.5, 0.6) is 0 Å². The fourth-order valence-corrected chi connectivity index (χ4v) is 4.39. The molecular weight excluding hydrogens is 381 g/mol. The monoisotopic (exact) mass is 401 g/mol. The average Bonchev–Trinajstić information content (AvgIpc) is 3.11. The van der Waals surface area contributed by atoms with E-state index in [1.54, 1.807) is 30.5 Å². The molecule has 1 aromatic heterocycles. The number of aromatic nitrogens is 2. The van der Waals surface area contributed by atoms with Crippen molar-refractivity contribution in [3.05, 3.63) is 78.0 Å². The molecule has 1 atom stereocenters. The van der Waals surface area contributed by atoms with Gasteiger partial charge in [-0.25, -0.2) is 22.5 Å². The van der Waals surface area contributed by atoms with Crippen LogP contribution in [-0.4, -0.2) is 30.6 Å². The number of sulfonamides is 1. The molecule has 28 heavy (non-hydrogen) atoms. The lowest BCUT2D eigenvalue weighted by atomic mass is 10.1. The van der Waals surface area contributed by atoms with Crippen molar-refractivity contribution in [1.29, 1.82) is 0 Å². The predicted molar refractivity (Wildman–Crippen MR) is 103 cm³/mol. The Hall–Kier alpha value is -2.55. The second kappa shape index (κ2) is 7.83. The van der Waals surface area contributed by atoms with Crippen LogP contribution >= 0.6 is 0 Å². The zero-order chi connectivity index (χ0) is 19.6. The summed E-state index contributed by atoms with van der Waals surface area (Å²) in [6.07, 6.45) is 1.42. The molecule has 0 radical (unpaired) electrons. The van der Waals surface area contributed by atoms with Crippen LogP contribution in [0.3, 0.4) is 0 Å². The van der Waals surface area contributed by atoms with Crippen LogP contribution in [0.1, 0.15) is 11.4 Å². The van der Waals surface area contributed by atoms with E-state index in [2.05, 4.69) is 9.71 Å². The lowest BCUT2D eigenvalue weighted by Gasteiger charge is -2.26. The van der Waals surface area contributed by atoms with Crippen LogP contribution in [0.4, 0.5) is 4.39 Å². The fourth-order valence-electron chi connectivity index (χ4n) is 3.22. The van der Waals surface area contributed by atoms with E-state index >= 15 is 0 Å². The molecule has 146 valence electrons. The number of fused-ring (bicyclic) bond motifs is 1. The number of benzene rings is 2. The average molecular weight is 401 g/mol. The summed E-state index contributed by atoms with van der Waals surface area (Å²) in [6.45, 7) is 0.942. The van der Waals surface area contributed by atoms with Gasteiger partial charge < -0.3 is 9.30 Å². The molecule has 0 saturated carbocycles. The Labute approximate surface area is 163 Å². The summed E-state index contributed by atoms with van der Waals surface area (Å²) in [7, 11) is -3.46. The van der Waals surface area contributed by atoms with Gasteiger partial charge in [0.15, 0.2) is 0 Å². The fraction of sp³-hybridized carbons (Fsp3) is 0.250. The van der Waals surface area contributed by atoms with E-state index < -0.39 is 10.0 Å². The van der Waals surface area contributed by atoms with Gasteiger partial charge in [0, 0.05) is 6.54 Å². The number of ether oxygens (including phenoxy) is 1.